The predicted octanol–water partition coefficient (Wildman–Crippen LogP) is 5.28. The standard InChI is InChI=1S/C28H36N4O3/c1-27(2,3)18-32-22-13-12-21(30-24(22)31(6)26(32)34)20-14-15-28(4,5)23(16-20)35-25(33)29-17-19-10-8-7-9-11-19/h7-14,23H,15-18H2,1-6H3,(H,29,33). The number of imidazole rings is 1. The number of nitrogens with zero attached hydrogens (tertiary/aromatic N) is 3. The maximum absolute atomic E-state index is 12.9. The normalized spacial score (nSPS) is 17.8. The highest BCUT2D eigenvalue weighted by Gasteiger charge is 2.36. The van der Waals surface area contributed by atoms with Gasteiger partial charge in [0.2, 0.25) is 0 Å². The van der Waals surface area contributed by atoms with Crippen molar-refractivity contribution in [3.63, 3.8) is 0 Å². The lowest BCUT2D eigenvalue weighted by atomic mass is 9.75. The number of ether oxygens (including phenoxy) is 1. The first kappa shape index (κ1) is 24.8. The number of rotatable bonds is 5. The number of carbonyl (C=O) groups is 1. The molecular weight excluding hydrogens is 440 g/mol. The Bertz CT molecular complexity index is 1310. The largest absolute Gasteiger partial charge is 0.445 e. The van der Waals surface area contributed by atoms with Gasteiger partial charge in [0, 0.05) is 32.0 Å². The average Bonchev–Trinajstić information content (AvgIpc) is 3.03. The first-order chi connectivity index (χ1) is 16.4. The highest BCUT2D eigenvalue weighted by Crippen LogP contribution is 2.40. The van der Waals surface area contributed by atoms with Gasteiger partial charge in [0.25, 0.3) is 0 Å². The zero-order valence-electron chi connectivity index (χ0n) is 21.6. The van der Waals surface area contributed by atoms with Crippen molar-refractivity contribution in [3.8, 4) is 0 Å². The molecule has 2 aromatic heterocycles. The van der Waals surface area contributed by atoms with Gasteiger partial charge >= 0.3 is 11.8 Å². The van der Waals surface area contributed by atoms with Gasteiger partial charge in [-0.25, -0.2) is 14.6 Å². The maximum atomic E-state index is 12.9. The molecule has 186 valence electrons. The summed E-state index contributed by atoms with van der Waals surface area (Å²) in [4.78, 5) is 30.3. The topological polar surface area (TPSA) is 78.1 Å². The van der Waals surface area contributed by atoms with Gasteiger partial charge in [0.1, 0.15) is 6.10 Å². The van der Waals surface area contributed by atoms with Gasteiger partial charge in [0.05, 0.1) is 11.2 Å². The van der Waals surface area contributed by atoms with Gasteiger partial charge in [-0.3, -0.25) is 9.13 Å². The summed E-state index contributed by atoms with van der Waals surface area (Å²) in [7, 11) is 1.77. The van der Waals surface area contributed by atoms with Gasteiger partial charge in [-0.15, -0.1) is 0 Å². The van der Waals surface area contributed by atoms with Crippen LogP contribution in [0.1, 0.15) is 58.7 Å². The molecule has 1 aliphatic carbocycles. The van der Waals surface area contributed by atoms with E-state index in [1.165, 1.54) is 0 Å². The summed E-state index contributed by atoms with van der Waals surface area (Å²) in [5.41, 5.74) is 4.09. The second-order valence-electron chi connectivity index (χ2n) is 11.4. The highest BCUT2D eigenvalue weighted by atomic mass is 16.6. The number of allylic oxidation sites excluding steroid dienone is 1. The van der Waals surface area contributed by atoms with E-state index in [-0.39, 0.29) is 22.6 Å². The lowest BCUT2D eigenvalue weighted by Gasteiger charge is -2.37. The van der Waals surface area contributed by atoms with Crippen LogP contribution in [0, 0.1) is 10.8 Å². The number of hydrogen-bond donors (Lipinski definition) is 1. The summed E-state index contributed by atoms with van der Waals surface area (Å²) in [5, 5.41) is 2.86. The number of amides is 1. The van der Waals surface area contributed by atoms with E-state index in [4.69, 9.17) is 9.72 Å². The van der Waals surface area contributed by atoms with E-state index in [0.717, 1.165) is 28.8 Å². The van der Waals surface area contributed by atoms with Crippen LogP contribution in [0.15, 0.2) is 53.3 Å². The number of aryl methyl sites for hydroxylation is 1. The van der Waals surface area contributed by atoms with Crippen LogP contribution >= 0.6 is 0 Å². The maximum Gasteiger partial charge on any atom is 0.407 e. The molecule has 0 spiro atoms. The Balaban J connectivity index is 1.53. The fraction of sp³-hybridized carbons (Fsp3) is 0.464. The lowest BCUT2D eigenvalue weighted by molar-refractivity contribution is 0.0235. The monoisotopic (exact) mass is 476 g/mol. The van der Waals surface area contributed by atoms with Crippen molar-refractivity contribution in [1.29, 1.82) is 0 Å². The third kappa shape index (κ3) is 5.50. The van der Waals surface area contributed by atoms with E-state index in [9.17, 15) is 9.59 Å². The number of nitrogens with one attached hydrogen (secondary N) is 1. The van der Waals surface area contributed by atoms with Crippen LogP contribution in [0.25, 0.3) is 16.7 Å². The van der Waals surface area contributed by atoms with Crippen LogP contribution in [0.4, 0.5) is 4.79 Å². The summed E-state index contributed by atoms with van der Waals surface area (Å²) in [5.74, 6) is 0. The molecule has 0 saturated heterocycles. The molecule has 1 N–H and O–H groups in total. The molecule has 0 aliphatic heterocycles. The number of aromatic nitrogens is 3. The molecule has 0 bridgehead atoms. The van der Waals surface area contributed by atoms with Crippen LogP contribution in [0.3, 0.4) is 0 Å². The summed E-state index contributed by atoms with van der Waals surface area (Å²) in [6.45, 7) is 11.6. The fourth-order valence-electron chi connectivity index (χ4n) is 4.51. The Morgan fingerprint density at radius 1 is 1.17 bits per heavy atom. The minimum absolute atomic E-state index is 0.0279. The van der Waals surface area contributed by atoms with Crippen molar-refractivity contribution in [2.75, 3.05) is 0 Å². The molecule has 0 fully saturated rings. The zero-order valence-corrected chi connectivity index (χ0v) is 21.6. The molecule has 4 rings (SSSR count). The molecule has 0 radical (unpaired) electrons. The van der Waals surface area contributed by atoms with Crippen molar-refractivity contribution in [2.24, 2.45) is 17.9 Å². The summed E-state index contributed by atoms with van der Waals surface area (Å²) in [6.07, 6.45) is 2.81. The van der Waals surface area contributed by atoms with Gasteiger partial charge < -0.3 is 10.1 Å². The van der Waals surface area contributed by atoms with Crippen LogP contribution in [0.2, 0.25) is 0 Å². The minimum Gasteiger partial charge on any atom is -0.445 e. The molecule has 7 nitrogen and oxygen atoms in total. The molecule has 2 heterocycles. The van der Waals surface area contributed by atoms with Crippen molar-refractivity contribution < 1.29 is 9.53 Å². The number of benzene rings is 1. The van der Waals surface area contributed by atoms with Gasteiger partial charge in [0.15, 0.2) is 5.65 Å². The Labute approximate surface area is 206 Å². The molecule has 7 heteroatoms. The highest BCUT2D eigenvalue weighted by molar-refractivity contribution is 5.76. The first-order valence-electron chi connectivity index (χ1n) is 12.2. The van der Waals surface area contributed by atoms with E-state index >= 15 is 0 Å². The smallest absolute Gasteiger partial charge is 0.407 e. The third-order valence-corrected chi connectivity index (χ3v) is 6.62. The Morgan fingerprint density at radius 3 is 2.57 bits per heavy atom. The van der Waals surface area contributed by atoms with Crippen molar-refractivity contribution in [2.45, 2.75) is 66.7 Å². The van der Waals surface area contributed by atoms with E-state index in [1.54, 1.807) is 16.2 Å². The number of alkyl carbamates (subject to hydrolysis) is 1. The number of carbonyl (C=O) groups excluding carboxylic acids is 1. The molecule has 1 amide bonds. The Kier molecular flexibility index (Phi) is 6.62. The second kappa shape index (κ2) is 9.36. The SMILES string of the molecule is Cn1c(=O)n(CC(C)(C)C)c2ccc(C3=CCC(C)(C)C(OC(=O)NCc4ccccc4)C3)nc21. The fourth-order valence-corrected chi connectivity index (χ4v) is 4.51. The van der Waals surface area contributed by atoms with Crippen LogP contribution in [-0.4, -0.2) is 26.3 Å². The van der Waals surface area contributed by atoms with Crippen LogP contribution in [0.5, 0.6) is 0 Å². The number of pyridine rings is 1. The van der Waals surface area contributed by atoms with E-state index in [2.05, 4.69) is 46.0 Å². The summed E-state index contributed by atoms with van der Waals surface area (Å²) < 4.78 is 9.30. The molecule has 3 aromatic rings. The van der Waals surface area contributed by atoms with E-state index in [0.29, 0.717) is 25.2 Å². The Hall–Kier alpha value is -3.35. The molecule has 1 atom stereocenters. The molecule has 1 unspecified atom stereocenters. The molecule has 1 aromatic carbocycles. The molecule has 1 aliphatic rings. The minimum atomic E-state index is -0.418. The van der Waals surface area contributed by atoms with Crippen LogP contribution < -0.4 is 11.0 Å². The predicted molar refractivity (Wildman–Crippen MR) is 139 cm³/mol. The van der Waals surface area contributed by atoms with Crippen molar-refractivity contribution in [1.82, 2.24) is 19.4 Å². The van der Waals surface area contributed by atoms with Gasteiger partial charge in [-0.2, -0.15) is 0 Å². The van der Waals surface area contributed by atoms with Crippen molar-refractivity contribution in [3.05, 3.63) is 70.3 Å². The van der Waals surface area contributed by atoms with E-state index < -0.39 is 6.09 Å². The number of fused-ring (bicyclic) bond motifs is 1. The quantitative estimate of drug-likeness (QED) is 0.543. The van der Waals surface area contributed by atoms with Gasteiger partial charge in [-0.05, 0) is 35.1 Å². The summed E-state index contributed by atoms with van der Waals surface area (Å²) >= 11 is 0. The third-order valence-electron chi connectivity index (χ3n) is 6.62. The van der Waals surface area contributed by atoms with Crippen molar-refractivity contribution >= 4 is 22.8 Å². The van der Waals surface area contributed by atoms with Crippen LogP contribution in [-0.2, 0) is 24.9 Å². The lowest BCUT2D eigenvalue weighted by Crippen LogP contribution is -2.39. The second-order valence-corrected chi connectivity index (χ2v) is 11.4. The molecule has 0 saturated carbocycles. The average molecular weight is 477 g/mol. The molecular formula is C28H36N4O3. The first-order valence-corrected chi connectivity index (χ1v) is 12.2. The molecule has 35 heavy (non-hydrogen) atoms. The number of hydrogen-bond acceptors (Lipinski definition) is 4. The van der Waals surface area contributed by atoms with E-state index in [1.807, 2.05) is 42.5 Å². The summed E-state index contributed by atoms with van der Waals surface area (Å²) in [6, 6.07) is 13.7. The zero-order chi connectivity index (χ0) is 25.4. The Morgan fingerprint density at radius 2 is 1.89 bits per heavy atom. The van der Waals surface area contributed by atoms with Gasteiger partial charge in [-0.1, -0.05) is 71.0 Å².